The van der Waals surface area contributed by atoms with Crippen LogP contribution in [0.1, 0.15) is 44.7 Å². The van der Waals surface area contributed by atoms with Crippen LogP contribution in [0.4, 0.5) is 5.69 Å². The van der Waals surface area contributed by atoms with Gasteiger partial charge in [-0.05, 0) is 75.2 Å². The number of sulfonamides is 1. The Morgan fingerprint density at radius 3 is 2.00 bits per heavy atom. The minimum Gasteiger partial charge on any atom is -0.352 e. The van der Waals surface area contributed by atoms with E-state index >= 15 is 0 Å². The predicted octanol–water partition coefficient (Wildman–Crippen LogP) is 6.87. The van der Waals surface area contributed by atoms with Crippen LogP contribution in [-0.4, -0.2) is 43.8 Å². The quantitative estimate of drug-likeness (QED) is 0.235. The van der Waals surface area contributed by atoms with Gasteiger partial charge in [0, 0.05) is 33.2 Å². The number of nitrogens with zero attached hydrogens (tertiary/aromatic N) is 2. The summed E-state index contributed by atoms with van der Waals surface area (Å²) in [7, 11) is -4.20. The van der Waals surface area contributed by atoms with E-state index in [-0.39, 0.29) is 29.8 Å². The van der Waals surface area contributed by atoms with E-state index in [1.165, 1.54) is 29.2 Å². The largest absolute Gasteiger partial charge is 0.352 e. The van der Waals surface area contributed by atoms with Crippen LogP contribution in [0.25, 0.3) is 0 Å². The first kappa shape index (κ1) is 32.7. The number of hydrogen-bond donors (Lipinski definition) is 1. The van der Waals surface area contributed by atoms with Gasteiger partial charge in [-0.2, -0.15) is 0 Å². The van der Waals surface area contributed by atoms with Crippen LogP contribution < -0.4 is 9.62 Å². The molecule has 0 fully saturated rings. The summed E-state index contributed by atoms with van der Waals surface area (Å²) in [5.74, 6) is -0.939. The van der Waals surface area contributed by atoms with Crippen LogP contribution in [0.2, 0.25) is 15.1 Å². The molecule has 0 heterocycles. The van der Waals surface area contributed by atoms with Crippen LogP contribution >= 0.6 is 34.8 Å². The zero-order valence-electron chi connectivity index (χ0n) is 23.4. The maximum Gasteiger partial charge on any atom is 0.264 e. The number of halogens is 3. The van der Waals surface area contributed by atoms with Crippen molar-refractivity contribution in [1.29, 1.82) is 0 Å². The molecule has 0 spiro atoms. The van der Waals surface area contributed by atoms with Crippen molar-refractivity contribution in [3.05, 3.63) is 92.9 Å². The van der Waals surface area contributed by atoms with Crippen molar-refractivity contribution in [2.75, 3.05) is 10.8 Å². The first-order valence-corrected chi connectivity index (χ1v) is 15.8. The molecule has 0 radical (unpaired) electrons. The molecule has 0 bridgehead atoms. The highest BCUT2D eigenvalue weighted by molar-refractivity contribution is 7.92. The molecule has 41 heavy (non-hydrogen) atoms. The number of amides is 2. The fourth-order valence-corrected chi connectivity index (χ4v) is 6.25. The zero-order valence-corrected chi connectivity index (χ0v) is 26.5. The van der Waals surface area contributed by atoms with Crippen molar-refractivity contribution >= 4 is 62.3 Å². The summed E-state index contributed by atoms with van der Waals surface area (Å²) in [4.78, 5) is 28.8. The zero-order chi connectivity index (χ0) is 30.3. The van der Waals surface area contributed by atoms with Gasteiger partial charge < -0.3 is 10.2 Å². The molecule has 0 saturated heterocycles. The number of hydrogen-bond acceptors (Lipinski definition) is 4. The molecule has 11 heteroatoms. The van der Waals surface area contributed by atoms with Gasteiger partial charge >= 0.3 is 0 Å². The van der Waals surface area contributed by atoms with E-state index in [0.29, 0.717) is 32.7 Å². The molecule has 0 aromatic heterocycles. The Bertz CT molecular complexity index is 1450. The van der Waals surface area contributed by atoms with Crippen LogP contribution in [-0.2, 0) is 26.2 Å². The summed E-state index contributed by atoms with van der Waals surface area (Å²) in [5.41, 5.74) is 1.68. The number of aryl methyl sites for hydroxylation is 1. The second-order valence-electron chi connectivity index (χ2n) is 9.76. The topological polar surface area (TPSA) is 86.8 Å². The molecule has 0 unspecified atom stereocenters. The molecule has 2 atom stereocenters. The van der Waals surface area contributed by atoms with Crippen molar-refractivity contribution in [2.24, 2.45) is 0 Å². The summed E-state index contributed by atoms with van der Waals surface area (Å²) in [6.45, 7) is 6.83. The van der Waals surface area contributed by atoms with E-state index in [9.17, 15) is 18.0 Å². The van der Waals surface area contributed by atoms with Crippen LogP contribution in [0.5, 0.6) is 0 Å². The highest BCUT2D eigenvalue weighted by atomic mass is 35.5. The maximum atomic E-state index is 14.1. The minimum absolute atomic E-state index is 0.0301. The highest BCUT2D eigenvalue weighted by Crippen LogP contribution is 2.29. The molecule has 3 aromatic rings. The second kappa shape index (κ2) is 14.4. The molecule has 0 aliphatic rings. The van der Waals surface area contributed by atoms with Gasteiger partial charge in [0.15, 0.2) is 0 Å². The third-order valence-electron chi connectivity index (χ3n) is 6.78. The first-order valence-electron chi connectivity index (χ1n) is 13.3. The Morgan fingerprint density at radius 2 is 1.46 bits per heavy atom. The molecule has 7 nitrogen and oxygen atoms in total. The fourth-order valence-electron chi connectivity index (χ4n) is 4.19. The number of anilines is 1. The lowest BCUT2D eigenvalue weighted by molar-refractivity contribution is -0.140. The average Bonchev–Trinajstić information content (AvgIpc) is 2.93. The van der Waals surface area contributed by atoms with Gasteiger partial charge in [-0.25, -0.2) is 8.42 Å². The van der Waals surface area contributed by atoms with E-state index in [1.807, 2.05) is 20.8 Å². The summed E-state index contributed by atoms with van der Waals surface area (Å²) >= 11 is 18.9. The number of rotatable bonds is 12. The van der Waals surface area contributed by atoms with Crippen LogP contribution in [0, 0.1) is 6.92 Å². The molecule has 3 aromatic carbocycles. The molecule has 3 rings (SSSR count). The van der Waals surface area contributed by atoms with Crippen molar-refractivity contribution in [1.82, 2.24) is 10.2 Å². The third-order valence-corrected chi connectivity index (χ3v) is 9.53. The fraction of sp³-hybridized carbons (Fsp3) is 0.333. The van der Waals surface area contributed by atoms with E-state index in [2.05, 4.69) is 5.32 Å². The van der Waals surface area contributed by atoms with Gasteiger partial charge in [0.05, 0.1) is 10.6 Å². The Labute approximate surface area is 257 Å². The third kappa shape index (κ3) is 8.16. The Kier molecular flexibility index (Phi) is 11.5. The second-order valence-corrected chi connectivity index (χ2v) is 12.9. The normalized spacial score (nSPS) is 12.9. The molecular formula is C30H34Cl3N3O4S. The summed E-state index contributed by atoms with van der Waals surface area (Å²) in [6, 6.07) is 16.5. The van der Waals surface area contributed by atoms with Crippen molar-refractivity contribution in [2.45, 2.75) is 64.1 Å². The highest BCUT2D eigenvalue weighted by Gasteiger charge is 2.34. The smallest absolute Gasteiger partial charge is 0.264 e. The van der Waals surface area contributed by atoms with E-state index < -0.39 is 28.5 Å². The lowest BCUT2D eigenvalue weighted by Gasteiger charge is -2.34. The van der Waals surface area contributed by atoms with Crippen LogP contribution in [0.15, 0.2) is 71.6 Å². The molecule has 0 saturated carbocycles. The summed E-state index contributed by atoms with van der Waals surface area (Å²) in [5, 5.41) is 3.98. The molecule has 0 aliphatic carbocycles. The van der Waals surface area contributed by atoms with E-state index in [1.54, 1.807) is 49.4 Å². The number of carbonyl (C=O) groups is 2. The SMILES string of the molecule is CC[C@H](C(=O)N[C@@H](C)CC)N(Cc1c(Cl)cccc1Cl)C(=O)CN(c1ccc(C)cc1)S(=O)(=O)c1ccc(Cl)cc1. The van der Waals surface area contributed by atoms with Gasteiger partial charge in [0.25, 0.3) is 10.0 Å². The van der Waals surface area contributed by atoms with Gasteiger partial charge in [0.1, 0.15) is 12.6 Å². The number of nitrogens with one attached hydrogen (secondary N) is 1. The minimum atomic E-state index is -4.20. The molecule has 220 valence electrons. The summed E-state index contributed by atoms with van der Waals surface area (Å²) in [6.07, 6.45) is 0.984. The van der Waals surface area contributed by atoms with Crippen molar-refractivity contribution in [3.8, 4) is 0 Å². The molecule has 0 aliphatic heterocycles. The monoisotopic (exact) mass is 637 g/mol. The average molecular weight is 639 g/mol. The van der Waals surface area contributed by atoms with Crippen molar-refractivity contribution in [3.63, 3.8) is 0 Å². The van der Waals surface area contributed by atoms with Gasteiger partial charge in [0.2, 0.25) is 11.8 Å². The number of carbonyl (C=O) groups excluding carboxylic acids is 2. The predicted molar refractivity (Wildman–Crippen MR) is 166 cm³/mol. The maximum absolute atomic E-state index is 14.1. The van der Waals surface area contributed by atoms with E-state index in [0.717, 1.165) is 9.87 Å². The Hall–Kier alpha value is -2.78. The van der Waals surface area contributed by atoms with Gasteiger partial charge in [-0.3, -0.25) is 13.9 Å². The first-order chi connectivity index (χ1) is 19.4. The molecule has 2 amide bonds. The Morgan fingerprint density at radius 1 is 0.878 bits per heavy atom. The van der Waals surface area contributed by atoms with Gasteiger partial charge in [-0.15, -0.1) is 0 Å². The lowest BCUT2D eigenvalue weighted by Crippen LogP contribution is -2.53. The number of benzene rings is 3. The summed E-state index contributed by atoms with van der Waals surface area (Å²) < 4.78 is 28.8. The molecule has 1 N–H and O–H groups in total. The Balaban J connectivity index is 2.09. The lowest BCUT2D eigenvalue weighted by atomic mass is 10.1. The standard InChI is InChI=1S/C30H34Cl3N3O4S/c1-5-21(4)34-30(38)28(6-2)35(18-25-26(32)8-7-9-27(25)33)29(37)19-36(23-14-10-20(3)11-15-23)41(39,40)24-16-12-22(31)13-17-24/h7-17,21,28H,5-6,18-19H2,1-4H3,(H,34,38)/t21-,28+/m0/s1. The molecular weight excluding hydrogens is 605 g/mol. The van der Waals surface area contributed by atoms with Crippen LogP contribution in [0.3, 0.4) is 0 Å². The van der Waals surface area contributed by atoms with Crippen molar-refractivity contribution < 1.29 is 18.0 Å². The van der Waals surface area contributed by atoms with E-state index in [4.69, 9.17) is 34.8 Å². The van der Waals surface area contributed by atoms with Gasteiger partial charge in [-0.1, -0.05) is 72.4 Å².